The summed E-state index contributed by atoms with van der Waals surface area (Å²) in [6, 6.07) is -3.67. The maximum absolute atomic E-state index is 15.2. The fraction of sp³-hybridized carbons (Fsp3) is 0.698. The molecule has 12 atom stereocenters. The van der Waals surface area contributed by atoms with Gasteiger partial charge in [-0.3, -0.25) is 52.7 Å². The SMILES string of the molecule is C/C=C/C[C@@H](C)[C@@H](O)[C@H]1C(=O)N[C@@H](CC)C(=O)N(C)CC(=O)N(C)[C@@H](Cc2ccccc2)C(=O)N[C@@H](CC(C)C)C(=O)N(C)[C@@H](C)C(=O)N[C@@H](C)C(=O)N[C@H](C)C(=O)N(C)[C@@H](CC(C)C)C(=O)N(C)[C@@H](CC(C)C)C(=O)N(C)[C@@H](C(C)C)C(=O)N1C. The number of hydrogen-bond donors (Lipinski definition) is 5. The molecule has 1 heterocycles. The fourth-order valence-corrected chi connectivity index (χ4v) is 10.6. The monoisotopic (exact) mass is 1210 g/mol. The third kappa shape index (κ3) is 20.6. The Labute approximate surface area is 512 Å². The quantitative estimate of drug-likeness (QED) is 0.168. The summed E-state index contributed by atoms with van der Waals surface area (Å²) in [5, 5.41) is 23.0. The Hall–Kier alpha value is -6.91. The fourth-order valence-electron chi connectivity index (χ4n) is 10.6. The van der Waals surface area contributed by atoms with Gasteiger partial charge in [0.2, 0.25) is 65.0 Å². The standard InChI is InChI=1S/C63H105N11O12/c1-22-24-28-40(11)53(76)52-57(80)66-45(23-2)59(82)68(15)35-50(75)70(17)47(34-44-29-26-25-27-30-44)56(79)67-46(31-36(3)4)60(83)69(16)43(14)55(78)64-41(12)54(77)65-42(13)58(81)71(18)48(32-37(5)6)61(84)72(19)49(33-38(7)8)62(85)73(20)51(39(9)10)63(86)74(52)21/h22,24-27,29-30,36-43,45-49,51-53,76H,23,28,31-35H2,1-21H3,(H,64,78)(H,65,77)(H,66,80)(H,67,79)/b24-22+/t40-,41+,42-,43+,45+,46+,47+,48+,49+,51+,52+,53-/m1/s1. The summed E-state index contributed by atoms with van der Waals surface area (Å²) < 4.78 is 0. The number of carbonyl (C=O) groups excluding carboxylic acids is 11. The lowest BCUT2D eigenvalue weighted by Crippen LogP contribution is -2.63. The zero-order valence-electron chi connectivity index (χ0n) is 55.3. The first kappa shape index (κ1) is 75.2. The van der Waals surface area contributed by atoms with E-state index < -0.39 is 150 Å². The number of nitrogens with zero attached hydrogens (tertiary/aromatic N) is 7. The molecule has 0 spiro atoms. The van der Waals surface area contributed by atoms with Crippen molar-refractivity contribution in [3.05, 3.63) is 48.0 Å². The van der Waals surface area contributed by atoms with Crippen molar-refractivity contribution in [3.8, 4) is 0 Å². The maximum Gasteiger partial charge on any atom is 0.246 e. The molecule has 1 aromatic carbocycles. The molecule has 2 rings (SSSR count). The van der Waals surface area contributed by atoms with E-state index in [1.807, 2.05) is 41.5 Å². The van der Waals surface area contributed by atoms with E-state index >= 15 is 9.59 Å². The van der Waals surface area contributed by atoms with Crippen LogP contribution in [0.5, 0.6) is 0 Å². The molecular formula is C63H105N11O12. The average molecular weight is 1210 g/mol. The molecule has 11 amide bonds. The van der Waals surface area contributed by atoms with Crippen molar-refractivity contribution >= 4 is 65.0 Å². The van der Waals surface area contributed by atoms with Gasteiger partial charge in [-0.1, -0.05) is 112 Å². The van der Waals surface area contributed by atoms with Crippen LogP contribution in [-0.4, -0.2) is 227 Å². The summed E-state index contributed by atoms with van der Waals surface area (Å²) in [6.45, 7) is 23.5. The van der Waals surface area contributed by atoms with Gasteiger partial charge >= 0.3 is 0 Å². The molecule has 1 aliphatic rings. The van der Waals surface area contributed by atoms with E-state index in [0.29, 0.717) is 12.0 Å². The van der Waals surface area contributed by atoms with Gasteiger partial charge in [0.25, 0.3) is 0 Å². The second-order valence-corrected chi connectivity index (χ2v) is 25.1. The van der Waals surface area contributed by atoms with Crippen LogP contribution < -0.4 is 21.3 Å². The number of allylic oxidation sites excluding steroid dienone is 2. The minimum atomic E-state index is -1.62. The van der Waals surface area contributed by atoms with E-state index in [2.05, 4.69) is 21.3 Å². The molecule has 23 nitrogen and oxygen atoms in total. The highest BCUT2D eigenvalue weighted by atomic mass is 16.3. The number of aliphatic hydroxyl groups is 1. The summed E-state index contributed by atoms with van der Waals surface area (Å²) in [7, 11) is 9.82. The number of amides is 11. The highest BCUT2D eigenvalue weighted by Gasteiger charge is 2.45. The first-order valence-corrected chi connectivity index (χ1v) is 30.4. The van der Waals surface area contributed by atoms with Crippen LogP contribution in [-0.2, 0) is 59.2 Å². The van der Waals surface area contributed by atoms with Gasteiger partial charge in [-0.25, -0.2) is 0 Å². The molecule has 5 N–H and O–H groups in total. The molecule has 1 aliphatic heterocycles. The average Bonchev–Trinajstić information content (AvgIpc) is 1.46. The zero-order chi connectivity index (χ0) is 65.9. The van der Waals surface area contributed by atoms with Crippen LogP contribution in [0.1, 0.15) is 135 Å². The van der Waals surface area contributed by atoms with Crippen molar-refractivity contribution in [2.45, 2.75) is 202 Å². The Bertz CT molecular complexity index is 2530. The normalized spacial score (nSPS) is 26.5. The number of likely N-dealkylation sites (N-methyl/N-ethyl adjacent to an activating group) is 7. The molecule has 0 aliphatic carbocycles. The summed E-state index contributed by atoms with van der Waals surface area (Å²) in [5.41, 5.74) is 0.675. The summed E-state index contributed by atoms with van der Waals surface area (Å²) in [6.07, 6.45) is 2.81. The molecule has 0 unspecified atom stereocenters. The minimum absolute atomic E-state index is 0.00578. The van der Waals surface area contributed by atoms with Crippen LogP contribution in [0.15, 0.2) is 42.5 Å². The van der Waals surface area contributed by atoms with E-state index in [9.17, 15) is 48.3 Å². The second kappa shape index (κ2) is 34.4. The number of rotatable bonds is 14. The van der Waals surface area contributed by atoms with Gasteiger partial charge in [-0.2, -0.15) is 0 Å². The third-order valence-corrected chi connectivity index (χ3v) is 16.2. The first-order valence-electron chi connectivity index (χ1n) is 30.4. The third-order valence-electron chi connectivity index (χ3n) is 16.2. The molecule has 1 aromatic rings. The number of nitrogens with one attached hydrogen (secondary N) is 4. The van der Waals surface area contributed by atoms with E-state index in [4.69, 9.17) is 0 Å². The number of aliphatic hydroxyl groups excluding tert-OH is 1. The van der Waals surface area contributed by atoms with Crippen LogP contribution >= 0.6 is 0 Å². The summed E-state index contributed by atoms with van der Waals surface area (Å²) >= 11 is 0. The second-order valence-electron chi connectivity index (χ2n) is 25.1. The van der Waals surface area contributed by atoms with Gasteiger partial charge in [0.05, 0.1) is 12.6 Å². The Kier molecular flexibility index (Phi) is 30.1. The van der Waals surface area contributed by atoms with Crippen molar-refractivity contribution in [2.24, 2.45) is 29.6 Å². The molecule has 1 saturated heterocycles. The predicted molar refractivity (Wildman–Crippen MR) is 330 cm³/mol. The van der Waals surface area contributed by atoms with Crippen LogP contribution in [0.2, 0.25) is 0 Å². The van der Waals surface area contributed by atoms with Crippen LogP contribution in [0.25, 0.3) is 0 Å². The van der Waals surface area contributed by atoms with Crippen LogP contribution in [0.4, 0.5) is 0 Å². The van der Waals surface area contributed by atoms with E-state index in [1.165, 1.54) is 89.7 Å². The van der Waals surface area contributed by atoms with Crippen LogP contribution in [0, 0.1) is 29.6 Å². The predicted octanol–water partition coefficient (Wildman–Crippen LogP) is 2.83. The van der Waals surface area contributed by atoms with E-state index in [0.717, 1.165) is 14.7 Å². The number of hydrogen-bond acceptors (Lipinski definition) is 12. The molecule has 484 valence electrons. The van der Waals surface area contributed by atoms with Crippen molar-refractivity contribution in [2.75, 3.05) is 55.9 Å². The highest BCUT2D eigenvalue weighted by Crippen LogP contribution is 2.25. The molecule has 0 radical (unpaired) electrons. The number of benzene rings is 1. The van der Waals surface area contributed by atoms with Crippen LogP contribution in [0.3, 0.4) is 0 Å². The molecule has 86 heavy (non-hydrogen) atoms. The van der Waals surface area contributed by atoms with E-state index in [-0.39, 0.29) is 49.9 Å². The Morgan fingerprint density at radius 1 is 0.512 bits per heavy atom. The smallest absolute Gasteiger partial charge is 0.246 e. The molecule has 0 bridgehead atoms. The van der Waals surface area contributed by atoms with Crippen molar-refractivity contribution in [1.82, 2.24) is 55.6 Å². The Morgan fingerprint density at radius 3 is 1.50 bits per heavy atom. The summed E-state index contributed by atoms with van der Waals surface area (Å²) in [4.78, 5) is 168. The number of carbonyl (C=O) groups is 11. The van der Waals surface area contributed by atoms with Crippen molar-refractivity contribution in [3.63, 3.8) is 0 Å². The molecular weight excluding hydrogens is 1100 g/mol. The van der Waals surface area contributed by atoms with Gasteiger partial charge in [-0.15, -0.1) is 0 Å². The van der Waals surface area contributed by atoms with Gasteiger partial charge in [0.1, 0.15) is 60.4 Å². The zero-order valence-corrected chi connectivity index (χ0v) is 55.3. The lowest BCUT2D eigenvalue weighted by atomic mass is 9.91. The summed E-state index contributed by atoms with van der Waals surface area (Å²) in [5.74, 6) is -9.31. The van der Waals surface area contributed by atoms with Crippen molar-refractivity contribution < 1.29 is 57.8 Å². The Morgan fingerprint density at radius 2 is 1.00 bits per heavy atom. The molecule has 0 aromatic heterocycles. The van der Waals surface area contributed by atoms with Gasteiger partial charge in [0.15, 0.2) is 0 Å². The topological polar surface area (TPSA) is 279 Å². The van der Waals surface area contributed by atoms with Gasteiger partial charge in [-0.05, 0) is 95.0 Å². The first-order chi connectivity index (χ1) is 40.0. The Balaban J connectivity index is 2.95. The van der Waals surface area contributed by atoms with E-state index in [1.54, 1.807) is 77.1 Å². The largest absolute Gasteiger partial charge is 0.390 e. The van der Waals surface area contributed by atoms with Gasteiger partial charge in [0, 0.05) is 55.8 Å². The van der Waals surface area contributed by atoms with Crippen molar-refractivity contribution in [1.29, 1.82) is 0 Å². The lowest BCUT2D eigenvalue weighted by molar-refractivity contribution is -0.157. The molecule has 0 saturated carbocycles. The molecule has 23 heteroatoms. The highest BCUT2D eigenvalue weighted by molar-refractivity contribution is 5.99. The molecule has 1 fully saturated rings. The van der Waals surface area contributed by atoms with Gasteiger partial charge < -0.3 is 60.7 Å². The lowest BCUT2D eigenvalue weighted by Gasteiger charge is -2.41. The maximum atomic E-state index is 15.2. The minimum Gasteiger partial charge on any atom is -0.390 e.